The van der Waals surface area contributed by atoms with Gasteiger partial charge < -0.3 is 20.1 Å². The molecular formula is C18H36N2O3. The van der Waals surface area contributed by atoms with E-state index in [0.717, 1.165) is 19.4 Å². The van der Waals surface area contributed by atoms with Crippen LogP contribution in [0, 0.1) is 5.92 Å². The van der Waals surface area contributed by atoms with Crippen molar-refractivity contribution in [1.29, 1.82) is 0 Å². The lowest BCUT2D eigenvalue weighted by Gasteiger charge is -2.34. The normalized spacial score (nSPS) is 22.7. The molecule has 1 aliphatic carbocycles. The van der Waals surface area contributed by atoms with E-state index in [2.05, 4.69) is 24.5 Å². The molecule has 1 amide bonds. The van der Waals surface area contributed by atoms with Crippen molar-refractivity contribution in [3.63, 3.8) is 0 Å². The molecule has 0 spiro atoms. The van der Waals surface area contributed by atoms with Gasteiger partial charge in [-0.05, 0) is 66.3 Å². The summed E-state index contributed by atoms with van der Waals surface area (Å²) in [7, 11) is 1.76. The molecule has 0 heterocycles. The van der Waals surface area contributed by atoms with E-state index in [-0.39, 0.29) is 11.7 Å². The second kappa shape index (κ2) is 8.88. The molecule has 1 saturated carbocycles. The molecule has 0 aromatic heterocycles. The minimum atomic E-state index is -0.444. The van der Waals surface area contributed by atoms with Crippen molar-refractivity contribution in [1.82, 2.24) is 10.6 Å². The van der Waals surface area contributed by atoms with Crippen LogP contribution in [0.3, 0.4) is 0 Å². The van der Waals surface area contributed by atoms with Crippen LogP contribution in [0.15, 0.2) is 0 Å². The molecule has 2 unspecified atom stereocenters. The third kappa shape index (κ3) is 8.56. The molecule has 0 aromatic rings. The van der Waals surface area contributed by atoms with Crippen molar-refractivity contribution in [3.05, 3.63) is 0 Å². The van der Waals surface area contributed by atoms with Gasteiger partial charge in [0.05, 0.1) is 5.60 Å². The SMILES string of the molecule is COC(C)(C)CCNC1CCCCC1CNC(=O)OC(C)(C)C. The maximum absolute atomic E-state index is 11.8. The van der Waals surface area contributed by atoms with Crippen LogP contribution in [0.25, 0.3) is 0 Å². The molecular weight excluding hydrogens is 292 g/mol. The van der Waals surface area contributed by atoms with Gasteiger partial charge in [-0.3, -0.25) is 0 Å². The van der Waals surface area contributed by atoms with Crippen LogP contribution in [-0.4, -0.2) is 43.5 Å². The highest BCUT2D eigenvalue weighted by atomic mass is 16.6. The minimum Gasteiger partial charge on any atom is -0.444 e. The zero-order chi connectivity index (χ0) is 17.5. The number of methoxy groups -OCH3 is 1. The van der Waals surface area contributed by atoms with Gasteiger partial charge in [0.2, 0.25) is 0 Å². The van der Waals surface area contributed by atoms with Crippen LogP contribution in [-0.2, 0) is 9.47 Å². The van der Waals surface area contributed by atoms with Crippen molar-refractivity contribution in [2.45, 2.75) is 84.0 Å². The lowest BCUT2D eigenvalue weighted by atomic mass is 9.84. The number of amides is 1. The first kappa shape index (κ1) is 20.2. The molecule has 1 rings (SSSR count). The van der Waals surface area contributed by atoms with Gasteiger partial charge in [0, 0.05) is 19.7 Å². The van der Waals surface area contributed by atoms with Gasteiger partial charge in [-0.1, -0.05) is 12.8 Å². The summed E-state index contributed by atoms with van der Waals surface area (Å²) in [6.45, 7) is 11.5. The molecule has 2 N–H and O–H groups in total. The summed E-state index contributed by atoms with van der Waals surface area (Å²) >= 11 is 0. The Morgan fingerprint density at radius 1 is 1.13 bits per heavy atom. The second-order valence-corrected chi connectivity index (χ2v) is 8.20. The van der Waals surface area contributed by atoms with Crippen LogP contribution in [0.1, 0.15) is 66.7 Å². The Morgan fingerprint density at radius 3 is 2.39 bits per heavy atom. The minimum absolute atomic E-state index is 0.0913. The topological polar surface area (TPSA) is 59.6 Å². The number of rotatable bonds is 7. The van der Waals surface area contributed by atoms with E-state index < -0.39 is 5.60 Å². The molecule has 0 radical (unpaired) electrons. The van der Waals surface area contributed by atoms with Crippen LogP contribution in [0.2, 0.25) is 0 Å². The molecule has 23 heavy (non-hydrogen) atoms. The van der Waals surface area contributed by atoms with Gasteiger partial charge in [0.25, 0.3) is 0 Å². The van der Waals surface area contributed by atoms with Crippen molar-refractivity contribution in [2.24, 2.45) is 5.92 Å². The van der Waals surface area contributed by atoms with E-state index in [1.54, 1.807) is 7.11 Å². The van der Waals surface area contributed by atoms with Crippen LogP contribution < -0.4 is 10.6 Å². The predicted octanol–water partition coefficient (Wildman–Crippen LogP) is 3.47. The smallest absolute Gasteiger partial charge is 0.407 e. The van der Waals surface area contributed by atoms with Crippen molar-refractivity contribution in [3.8, 4) is 0 Å². The fourth-order valence-corrected chi connectivity index (χ4v) is 2.91. The molecule has 0 bridgehead atoms. The van der Waals surface area contributed by atoms with Gasteiger partial charge in [0.1, 0.15) is 5.60 Å². The van der Waals surface area contributed by atoms with Crippen LogP contribution in [0.4, 0.5) is 4.79 Å². The number of hydrogen-bond acceptors (Lipinski definition) is 4. The fraction of sp³-hybridized carbons (Fsp3) is 0.944. The van der Waals surface area contributed by atoms with Gasteiger partial charge >= 0.3 is 6.09 Å². The number of carbonyl (C=O) groups is 1. The number of hydrogen-bond donors (Lipinski definition) is 2. The Bertz CT molecular complexity index is 364. The molecule has 136 valence electrons. The Hall–Kier alpha value is -0.810. The van der Waals surface area contributed by atoms with E-state index in [1.807, 2.05) is 20.8 Å². The van der Waals surface area contributed by atoms with E-state index in [0.29, 0.717) is 18.5 Å². The summed E-state index contributed by atoms with van der Waals surface area (Å²) in [4.78, 5) is 11.8. The van der Waals surface area contributed by atoms with Crippen molar-refractivity contribution >= 4 is 6.09 Å². The molecule has 5 heteroatoms. The first-order valence-electron chi connectivity index (χ1n) is 8.88. The molecule has 1 aliphatic rings. The summed E-state index contributed by atoms with van der Waals surface area (Å²) in [5.74, 6) is 0.474. The highest BCUT2D eigenvalue weighted by Crippen LogP contribution is 2.24. The third-order valence-electron chi connectivity index (χ3n) is 4.50. The van der Waals surface area contributed by atoms with Crippen LogP contribution >= 0.6 is 0 Å². The number of nitrogens with one attached hydrogen (secondary N) is 2. The lowest BCUT2D eigenvalue weighted by Crippen LogP contribution is -2.46. The summed E-state index contributed by atoms with van der Waals surface area (Å²) in [5.41, 5.74) is -0.536. The third-order valence-corrected chi connectivity index (χ3v) is 4.50. The quantitative estimate of drug-likeness (QED) is 0.751. The first-order valence-corrected chi connectivity index (χ1v) is 8.88. The van der Waals surface area contributed by atoms with Crippen molar-refractivity contribution in [2.75, 3.05) is 20.2 Å². The van der Waals surface area contributed by atoms with Gasteiger partial charge in [-0.25, -0.2) is 4.79 Å². The fourth-order valence-electron chi connectivity index (χ4n) is 2.91. The van der Waals surface area contributed by atoms with E-state index in [9.17, 15) is 4.79 Å². The molecule has 2 atom stereocenters. The zero-order valence-corrected chi connectivity index (χ0v) is 15.8. The summed E-state index contributed by atoms with van der Waals surface area (Å²) in [6, 6.07) is 0.464. The first-order chi connectivity index (χ1) is 10.6. The molecule has 5 nitrogen and oxygen atoms in total. The average Bonchev–Trinajstić information content (AvgIpc) is 2.44. The van der Waals surface area contributed by atoms with E-state index in [1.165, 1.54) is 19.3 Å². The maximum atomic E-state index is 11.8. The lowest BCUT2D eigenvalue weighted by molar-refractivity contribution is 0.0146. The second-order valence-electron chi connectivity index (χ2n) is 8.20. The Kier molecular flexibility index (Phi) is 7.81. The molecule has 0 aromatic carbocycles. The maximum Gasteiger partial charge on any atom is 0.407 e. The van der Waals surface area contributed by atoms with Gasteiger partial charge in [0.15, 0.2) is 0 Å². The number of ether oxygens (including phenoxy) is 2. The Balaban J connectivity index is 2.38. The summed E-state index contributed by atoms with van der Waals surface area (Å²) in [5, 5.41) is 6.59. The molecule has 0 aliphatic heterocycles. The predicted molar refractivity (Wildman–Crippen MR) is 93.7 cm³/mol. The Morgan fingerprint density at radius 2 is 1.78 bits per heavy atom. The summed E-state index contributed by atoms with van der Waals surface area (Å²) in [6.07, 6.45) is 5.49. The van der Waals surface area contributed by atoms with Crippen molar-refractivity contribution < 1.29 is 14.3 Å². The molecule has 1 fully saturated rings. The zero-order valence-electron chi connectivity index (χ0n) is 15.8. The van der Waals surface area contributed by atoms with Gasteiger partial charge in [-0.2, -0.15) is 0 Å². The average molecular weight is 328 g/mol. The number of carbonyl (C=O) groups excluding carboxylic acids is 1. The monoisotopic (exact) mass is 328 g/mol. The number of alkyl carbamates (subject to hydrolysis) is 1. The highest BCUT2D eigenvalue weighted by Gasteiger charge is 2.26. The summed E-state index contributed by atoms with van der Waals surface area (Å²) < 4.78 is 10.8. The Labute approximate surface area is 141 Å². The standard InChI is InChI=1S/C18H36N2O3/c1-17(2,3)23-16(21)20-13-14-9-7-8-10-15(14)19-12-11-18(4,5)22-6/h14-15,19H,7-13H2,1-6H3,(H,20,21). The molecule has 0 saturated heterocycles. The van der Waals surface area contributed by atoms with Crippen LogP contribution in [0.5, 0.6) is 0 Å². The largest absolute Gasteiger partial charge is 0.444 e. The van der Waals surface area contributed by atoms with E-state index >= 15 is 0 Å². The van der Waals surface area contributed by atoms with Gasteiger partial charge in [-0.15, -0.1) is 0 Å². The van der Waals surface area contributed by atoms with E-state index in [4.69, 9.17) is 9.47 Å². The highest BCUT2D eigenvalue weighted by molar-refractivity contribution is 5.67.